The summed E-state index contributed by atoms with van der Waals surface area (Å²) >= 11 is 14.3. The Hall–Kier alpha value is -0.411. The molecule has 2 aliphatic carbocycles. The van der Waals surface area contributed by atoms with Gasteiger partial charge in [0.15, 0.2) is 7.85 Å². The molecule has 0 aromatic heterocycles. The van der Waals surface area contributed by atoms with Crippen LogP contribution in [0.15, 0.2) is 125 Å². The zero-order valence-electron chi connectivity index (χ0n) is 39.3. The first-order valence-electron chi connectivity index (χ1n) is 20.1. The van der Waals surface area contributed by atoms with Crippen molar-refractivity contribution >= 4 is 210 Å². The van der Waals surface area contributed by atoms with Crippen LogP contribution in [0.5, 0.6) is 0 Å². The predicted molar refractivity (Wildman–Crippen MR) is 343 cm³/mol. The Morgan fingerprint density at radius 3 is 1.24 bits per heavy atom. The molecule has 395 valence electrons. The fourth-order valence-corrected chi connectivity index (χ4v) is 6.70. The average Bonchev–Trinajstić information content (AvgIpc) is 4.23. The maximum absolute atomic E-state index is 11.9. The van der Waals surface area contributed by atoms with E-state index in [0.29, 0.717) is 43.6 Å². The number of nitrogens with zero attached hydrogens (tertiary/aromatic N) is 3. The van der Waals surface area contributed by atoms with Crippen molar-refractivity contribution in [3.05, 3.63) is 143 Å². The van der Waals surface area contributed by atoms with Crippen molar-refractivity contribution in [2.24, 2.45) is 16.7 Å². The third-order valence-electron chi connectivity index (χ3n) is 8.93. The summed E-state index contributed by atoms with van der Waals surface area (Å²) in [6.45, 7) is 7.17. The molecule has 4 atom stereocenters. The number of sulfonamides is 2. The number of aliphatic hydroxyl groups is 1. The molecular weight excluding hydrogens is 1750 g/mol. The van der Waals surface area contributed by atoms with Crippen LogP contribution < -0.4 is 21.2 Å². The van der Waals surface area contributed by atoms with E-state index in [1.54, 1.807) is 77.6 Å². The summed E-state index contributed by atoms with van der Waals surface area (Å²) < 4.78 is 45.0. The normalized spacial score (nSPS) is 16.7. The first-order valence-corrected chi connectivity index (χ1v) is 47.7. The number of benzene rings is 4. The second-order valence-corrected chi connectivity index (χ2v) is 64.3. The van der Waals surface area contributed by atoms with Crippen LogP contribution in [0.1, 0.15) is 72.8 Å². The molecular formula is C43H52B4I6N7O10S2V2. The number of hydrazine groups is 1. The van der Waals surface area contributed by atoms with E-state index in [0.717, 1.165) is 42.1 Å². The standard InChI is InChI=1S/C11H8BNO2.C10H7NO2.C8H9BN2O2S.C7H10N2O2S.C3H6BN.CHBO.CH3I.CH4O.CH4.5HI.2V/c12-8-5-9(8)13-10(14)6-3-1-2-4-7(6)11(13)15;1-2-11-9(12)7-5-3-4-6-8(7)10(11)13;1-7-2-4-8(5-3-7)14(12,13)11-10-6-9;1-6-2-4-7(5-3-6)12(10,11)9-8;4-2-1-3(2)5;2-1-3;2*1-2;;;;;;;;/h1-4,8-9H,5H2;2-6H,1H2;2-6,11H,1H3;2-5,9H,8H2,1H3;2-3H,1,5H2;1H;1H3;2H,1H3;1H4;5*1H;;/q;;;;;;;;;;;;;;+2;+3/p-5/b;;10-6+;;;;;;;;;;;;;/t8-,9+;;;;2-,3+;;;;;;;;;;;/m0...0.........../s1. The number of hydrogen-bond acceptors (Lipinski definition) is 13. The van der Waals surface area contributed by atoms with Crippen LogP contribution in [0.4, 0.5) is 0 Å². The van der Waals surface area contributed by atoms with Crippen molar-refractivity contribution in [3.8, 4) is 0 Å². The van der Waals surface area contributed by atoms with E-state index in [1.165, 1.54) is 35.4 Å². The molecule has 2 heterocycles. The van der Waals surface area contributed by atoms with Crippen LogP contribution in [0.3, 0.4) is 0 Å². The number of nitrogens with two attached hydrogens (primary N) is 2. The number of imide groups is 2. The van der Waals surface area contributed by atoms with Crippen molar-refractivity contribution in [1.29, 1.82) is 0 Å². The van der Waals surface area contributed by atoms with E-state index in [9.17, 15) is 36.0 Å². The zero-order valence-corrected chi connectivity index (χ0v) is 56.7. The Kier molecular flexibility index (Phi) is 44.7. The molecule has 4 aromatic rings. The molecule has 4 aliphatic rings. The van der Waals surface area contributed by atoms with Gasteiger partial charge >= 0.3 is 114 Å². The maximum atomic E-state index is 11.9. The number of carbonyl (C=O) groups is 5. The van der Waals surface area contributed by atoms with Crippen LogP contribution in [0.25, 0.3) is 0 Å². The fraction of sp³-hybridized carbons (Fsp3) is 0.256. The first kappa shape index (κ1) is 77.8. The summed E-state index contributed by atoms with van der Waals surface area (Å²) in [5.41, 5.74) is 9.14. The molecule has 2 saturated carbocycles. The van der Waals surface area contributed by atoms with E-state index in [4.69, 9.17) is 45.0 Å². The van der Waals surface area contributed by atoms with E-state index >= 15 is 0 Å². The minimum atomic E-state index is -3.57. The van der Waals surface area contributed by atoms with Gasteiger partial charge in [-0.2, -0.15) is 18.4 Å². The van der Waals surface area contributed by atoms with Crippen LogP contribution >= 0.6 is 122 Å². The number of aliphatic hydroxyl groups excluding tert-OH is 1. The Morgan fingerprint density at radius 1 is 0.716 bits per heavy atom. The SMILES string of the molecule is C.C=CN1C(=O)c2ccccc2C1=O.CI.CO.Cc1ccc(S(=O)(=O)NN)cc1.[B]/C=N/NS(=O)(=O)c1ccc(C)cc1.[B]C=O.[B][C@H]1C[C@H]1N.[B][C@H]1C[C@H]1N1C(=O)c2ccccc2C1=O.[I][V]([I])[I].[I][V][I]. The number of hydrazone groups is 1. The number of aryl methyl sites for hydroxylation is 2. The summed E-state index contributed by atoms with van der Waals surface area (Å²) in [6, 6.07) is 26.7. The third-order valence-corrected chi connectivity index (χ3v) is 11.4. The van der Waals surface area contributed by atoms with Crippen molar-refractivity contribution in [1.82, 2.24) is 19.5 Å². The van der Waals surface area contributed by atoms with Gasteiger partial charge in [0.2, 0.25) is 0 Å². The zero-order chi connectivity index (χ0) is 56.6. The molecule has 0 spiro atoms. The summed E-state index contributed by atoms with van der Waals surface area (Å²) in [7, 11) is 14.6. The quantitative estimate of drug-likeness (QED) is 0.0174. The van der Waals surface area contributed by atoms with E-state index < -0.39 is 20.0 Å². The van der Waals surface area contributed by atoms with Gasteiger partial charge in [-0.1, -0.05) is 108 Å². The second kappa shape index (κ2) is 42.5. The van der Waals surface area contributed by atoms with Gasteiger partial charge < -0.3 is 15.6 Å². The fourth-order valence-electron chi connectivity index (χ4n) is 5.27. The van der Waals surface area contributed by atoms with Gasteiger partial charge in [0.1, 0.15) is 7.85 Å². The molecule has 7 N–H and O–H groups in total. The average molecular weight is 1800 g/mol. The molecule has 0 saturated heterocycles. The topological polar surface area (TPSA) is 269 Å². The molecule has 2 aliphatic heterocycles. The molecule has 17 nitrogen and oxygen atoms in total. The molecule has 31 heteroatoms. The molecule has 4 amide bonds. The van der Waals surface area contributed by atoms with Gasteiger partial charge in [0.05, 0.1) is 53.9 Å². The number of alkyl halides is 1. The number of halogens is 6. The minimum absolute atomic E-state index is 0. The monoisotopic (exact) mass is 1800 g/mol. The Bertz CT molecular complexity index is 2550. The van der Waals surface area contributed by atoms with Gasteiger partial charge in [0.25, 0.3) is 43.7 Å². The molecule has 2 fully saturated rings. The first-order chi connectivity index (χ1) is 34.4. The van der Waals surface area contributed by atoms with Gasteiger partial charge in [-0.3, -0.25) is 29.9 Å². The summed E-state index contributed by atoms with van der Waals surface area (Å²) in [6.07, 6.45) is 4.13. The number of rotatable bonds is 7. The van der Waals surface area contributed by atoms with Crippen molar-refractivity contribution in [2.75, 3.05) is 12.0 Å². The Balaban J connectivity index is -0.000000812. The van der Waals surface area contributed by atoms with Crippen molar-refractivity contribution in [2.45, 2.75) is 67.6 Å². The number of nitrogens with one attached hydrogen (secondary N) is 2. The number of fused-ring (bicyclic) bond motifs is 2. The van der Waals surface area contributed by atoms with E-state index in [2.05, 4.69) is 142 Å². The summed E-state index contributed by atoms with van der Waals surface area (Å²) in [5, 5.41) is 10.3. The summed E-state index contributed by atoms with van der Waals surface area (Å²) in [5.74, 6) is 4.14. The van der Waals surface area contributed by atoms with Crippen LogP contribution in [-0.4, -0.2) is 123 Å². The molecule has 8 radical (unpaired) electrons. The van der Waals surface area contributed by atoms with Gasteiger partial charge in [-0.25, -0.2) is 18.1 Å². The summed E-state index contributed by atoms with van der Waals surface area (Å²) in [4.78, 5) is 63.4. The number of hydrogen-bond donors (Lipinski definition) is 5. The van der Waals surface area contributed by atoms with E-state index in [-0.39, 0.29) is 63.8 Å². The third kappa shape index (κ3) is 28.6. The second-order valence-electron chi connectivity index (χ2n) is 13.8. The number of amides is 4. The predicted octanol–water partition coefficient (Wildman–Crippen LogP) is 7.71. The van der Waals surface area contributed by atoms with Gasteiger partial charge in [-0.15, -0.1) is 0 Å². The van der Waals surface area contributed by atoms with Gasteiger partial charge in [-0.05, 0) is 92.3 Å². The van der Waals surface area contributed by atoms with Crippen LogP contribution in [0, 0.1) is 13.8 Å². The Morgan fingerprint density at radius 2 is 1.00 bits per heavy atom. The van der Waals surface area contributed by atoms with Crippen molar-refractivity contribution < 1.29 is 60.3 Å². The molecule has 74 heavy (non-hydrogen) atoms. The van der Waals surface area contributed by atoms with E-state index in [1.807, 2.05) is 23.6 Å². The molecule has 4 aromatic carbocycles. The molecule has 0 bridgehead atoms. The Labute approximate surface area is 521 Å². The number of carbonyl (C=O) groups excluding carboxylic acids is 5. The van der Waals surface area contributed by atoms with Gasteiger partial charge in [0, 0.05) is 19.4 Å². The molecule has 0 unspecified atom stereocenters. The van der Waals surface area contributed by atoms with Crippen LogP contribution in [-0.2, 0) is 39.2 Å². The van der Waals surface area contributed by atoms with Crippen LogP contribution in [0.2, 0.25) is 11.6 Å². The molecule has 8 rings (SSSR count). The van der Waals surface area contributed by atoms with Crippen molar-refractivity contribution in [3.63, 3.8) is 0 Å².